The summed E-state index contributed by atoms with van der Waals surface area (Å²) in [5.41, 5.74) is 3.46. The number of nitrogens with one attached hydrogen (secondary N) is 1. The number of nitrogens with zero attached hydrogens (tertiary/aromatic N) is 5. The van der Waals surface area contributed by atoms with Gasteiger partial charge in [0, 0.05) is 34.3 Å². The molecule has 30 heavy (non-hydrogen) atoms. The minimum Gasteiger partial charge on any atom is -0.336 e. The summed E-state index contributed by atoms with van der Waals surface area (Å²) in [5, 5.41) is 16.3. The molecule has 0 aliphatic heterocycles. The smallest absolute Gasteiger partial charge is 0.251 e. The number of amides is 1. The van der Waals surface area contributed by atoms with Gasteiger partial charge in [-0.15, -0.1) is 0 Å². The molecule has 0 spiro atoms. The molecule has 3 aromatic rings. The summed E-state index contributed by atoms with van der Waals surface area (Å²) in [4.78, 5) is 21.3. The average Bonchev–Trinajstić information content (AvgIpc) is 2.94. The molecular formula is C21H20F2N6O. The van der Waals surface area contributed by atoms with Gasteiger partial charge in [0.1, 0.15) is 17.7 Å². The third-order valence-electron chi connectivity index (χ3n) is 4.65. The van der Waals surface area contributed by atoms with Crippen molar-refractivity contribution in [1.29, 1.82) is 5.26 Å². The first-order chi connectivity index (χ1) is 14.2. The van der Waals surface area contributed by atoms with Gasteiger partial charge < -0.3 is 5.32 Å². The lowest BCUT2D eigenvalue weighted by Gasteiger charge is -2.13. The molecule has 9 heteroatoms. The van der Waals surface area contributed by atoms with Crippen LogP contribution in [0.25, 0.3) is 5.95 Å². The van der Waals surface area contributed by atoms with E-state index in [0.717, 1.165) is 23.5 Å². The predicted octanol–water partition coefficient (Wildman–Crippen LogP) is 3.10. The van der Waals surface area contributed by atoms with E-state index < -0.39 is 23.6 Å². The number of halogens is 2. The molecule has 0 fully saturated rings. The van der Waals surface area contributed by atoms with Gasteiger partial charge >= 0.3 is 0 Å². The summed E-state index contributed by atoms with van der Waals surface area (Å²) >= 11 is 0. The summed E-state index contributed by atoms with van der Waals surface area (Å²) in [6.45, 7) is 7.27. The van der Waals surface area contributed by atoms with Gasteiger partial charge in [-0.1, -0.05) is 6.07 Å². The molecule has 154 valence electrons. The lowest BCUT2D eigenvalue weighted by Crippen LogP contribution is -2.30. The predicted molar refractivity (Wildman–Crippen MR) is 105 cm³/mol. The fourth-order valence-corrected chi connectivity index (χ4v) is 3.22. The maximum Gasteiger partial charge on any atom is 0.251 e. The van der Waals surface area contributed by atoms with Gasteiger partial charge in [0.25, 0.3) is 5.95 Å². The van der Waals surface area contributed by atoms with E-state index in [1.165, 1.54) is 0 Å². The van der Waals surface area contributed by atoms with Gasteiger partial charge in [0.05, 0.1) is 18.2 Å². The van der Waals surface area contributed by atoms with E-state index in [0.29, 0.717) is 29.0 Å². The van der Waals surface area contributed by atoms with Crippen LogP contribution in [0.5, 0.6) is 0 Å². The van der Waals surface area contributed by atoms with Crippen LogP contribution in [0.15, 0.2) is 24.3 Å². The van der Waals surface area contributed by atoms with E-state index in [-0.39, 0.29) is 12.0 Å². The van der Waals surface area contributed by atoms with E-state index in [1.54, 1.807) is 18.5 Å². The second kappa shape index (κ2) is 8.37. The van der Waals surface area contributed by atoms with Gasteiger partial charge in [-0.3, -0.25) is 4.79 Å². The van der Waals surface area contributed by atoms with Crippen molar-refractivity contribution in [3.8, 4) is 12.0 Å². The fourth-order valence-electron chi connectivity index (χ4n) is 3.22. The second-order valence-electron chi connectivity index (χ2n) is 6.98. The Hall–Kier alpha value is -3.67. The molecule has 1 aromatic carbocycles. The van der Waals surface area contributed by atoms with E-state index >= 15 is 0 Å². The van der Waals surface area contributed by atoms with Gasteiger partial charge in [0.2, 0.25) is 5.91 Å². The molecule has 0 aliphatic rings. The summed E-state index contributed by atoms with van der Waals surface area (Å²) in [6, 6.07) is 5.30. The van der Waals surface area contributed by atoms with Crippen molar-refractivity contribution < 1.29 is 13.6 Å². The highest BCUT2D eigenvalue weighted by Crippen LogP contribution is 2.20. The second-order valence-corrected chi connectivity index (χ2v) is 6.98. The van der Waals surface area contributed by atoms with E-state index in [2.05, 4.69) is 20.4 Å². The Balaban J connectivity index is 1.83. The Morgan fingerprint density at radius 3 is 2.43 bits per heavy atom. The molecule has 2 aromatic heterocycles. The van der Waals surface area contributed by atoms with Gasteiger partial charge in [-0.25, -0.2) is 23.4 Å². The third-order valence-corrected chi connectivity index (χ3v) is 4.65. The maximum absolute atomic E-state index is 14.0. The zero-order valence-corrected chi connectivity index (χ0v) is 17.0. The van der Waals surface area contributed by atoms with Crippen molar-refractivity contribution in [1.82, 2.24) is 25.1 Å². The number of hydrogen-bond acceptors (Lipinski definition) is 5. The van der Waals surface area contributed by atoms with Crippen LogP contribution in [0.2, 0.25) is 0 Å². The summed E-state index contributed by atoms with van der Waals surface area (Å²) in [7, 11) is 0. The minimum atomic E-state index is -1.24. The Bertz CT molecular complexity index is 1140. The zero-order chi connectivity index (χ0) is 22.0. The largest absolute Gasteiger partial charge is 0.336 e. The summed E-state index contributed by atoms with van der Waals surface area (Å²) in [6.07, 6.45) is -0.0660. The van der Waals surface area contributed by atoms with Crippen molar-refractivity contribution in [2.45, 2.75) is 40.2 Å². The highest BCUT2D eigenvalue weighted by atomic mass is 19.1. The van der Waals surface area contributed by atoms with Crippen LogP contribution in [0.4, 0.5) is 8.78 Å². The van der Waals surface area contributed by atoms with Crippen molar-refractivity contribution in [2.75, 3.05) is 0 Å². The molecule has 0 bridgehead atoms. The van der Waals surface area contributed by atoms with Crippen molar-refractivity contribution in [2.24, 2.45) is 0 Å². The molecular weight excluding hydrogens is 390 g/mol. The highest BCUT2D eigenvalue weighted by Gasteiger charge is 2.22. The number of aryl methyl sites for hydroxylation is 3. The average molecular weight is 410 g/mol. The van der Waals surface area contributed by atoms with Crippen LogP contribution in [-0.4, -0.2) is 25.7 Å². The first-order valence-corrected chi connectivity index (χ1v) is 9.21. The monoisotopic (exact) mass is 410 g/mol. The quantitative estimate of drug-likeness (QED) is 0.697. The first-order valence-electron chi connectivity index (χ1n) is 9.21. The fraction of sp³-hybridized carbons (Fsp3) is 0.286. The van der Waals surface area contributed by atoms with Gasteiger partial charge in [0.15, 0.2) is 0 Å². The molecule has 1 N–H and O–H groups in total. The normalized spacial score (nSPS) is 11.8. The Labute approximate surface area is 172 Å². The Morgan fingerprint density at radius 2 is 1.83 bits per heavy atom. The SMILES string of the molecule is Cc1cc(C)nc(-n2nc(C)c(CC(=O)NC(C#N)c3ccc(F)cc3F)c2C)n1. The highest BCUT2D eigenvalue weighted by molar-refractivity contribution is 5.80. The number of rotatable bonds is 5. The molecule has 3 rings (SSSR count). The molecule has 1 atom stereocenters. The van der Waals surface area contributed by atoms with Crippen LogP contribution in [0, 0.1) is 50.7 Å². The zero-order valence-electron chi connectivity index (χ0n) is 17.0. The topological polar surface area (TPSA) is 96.5 Å². The number of nitriles is 1. The van der Waals surface area contributed by atoms with Crippen molar-refractivity contribution in [3.63, 3.8) is 0 Å². The minimum absolute atomic E-state index is 0.0660. The summed E-state index contributed by atoms with van der Waals surface area (Å²) in [5.74, 6) is -1.74. The van der Waals surface area contributed by atoms with E-state index in [4.69, 9.17) is 0 Å². The van der Waals surface area contributed by atoms with Crippen LogP contribution < -0.4 is 5.32 Å². The molecule has 1 unspecified atom stereocenters. The lowest BCUT2D eigenvalue weighted by molar-refractivity contribution is -0.120. The standard InChI is InChI=1S/C21H20F2N6O/c1-11-7-12(2)26-21(25-11)29-14(4)17(13(3)28-29)9-20(30)27-19(10-24)16-6-5-15(22)8-18(16)23/h5-8,19H,9H2,1-4H3,(H,27,30). The van der Waals surface area contributed by atoms with Crippen molar-refractivity contribution in [3.05, 3.63) is 69.8 Å². The Morgan fingerprint density at radius 1 is 1.17 bits per heavy atom. The first kappa shape index (κ1) is 21.0. The van der Waals surface area contributed by atoms with E-state index in [1.807, 2.05) is 26.0 Å². The number of benzene rings is 1. The molecule has 1 amide bonds. The third kappa shape index (κ3) is 4.33. The van der Waals surface area contributed by atoms with Crippen LogP contribution in [0.1, 0.15) is 39.9 Å². The van der Waals surface area contributed by atoms with Crippen LogP contribution >= 0.6 is 0 Å². The number of carbonyl (C=O) groups is 1. The van der Waals surface area contributed by atoms with Crippen LogP contribution in [0.3, 0.4) is 0 Å². The van der Waals surface area contributed by atoms with Crippen LogP contribution in [-0.2, 0) is 11.2 Å². The van der Waals surface area contributed by atoms with Crippen molar-refractivity contribution >= 4 is 5.91 Å². The Kier molecular flexibility index (Phi) is 5.87. The van der Waals surface area contributed by atoms with Gasteiger partial charge in [-0.2, -0.15) is 10.4 Å². The molecule has 0 aliphatic carbocycles. The number of carbonyl (C=O) groups excluding carboxylic acids is 1. The number of hydrogen-bond donors (Lipinski definition) is 1. The number of aromatic nitrogens is 4. The van der Waals surface area contributed by atoms with Gasteiger partial charge in [-0.05, 0) is 39.8 Å². The molecule has 0 saturated heterocycles. The molecule has 0 radical (unpaired) electrons. The lowest BCUT2D eigenvalue weighted by atomic mass is 10.1. The molecule has 7 nitrogen and oxygen atoms in total. The maximum atomic E-state index is 14.0. The summed E-state index contributed by atoms with van der Waals surface area (Å²) < 4.78 is 28.7. The molecule has 2 heterocycles. The van der Waals surface area contributed by atoms with E-state index in [9.17, 15) is 18.8 Å². The molecule has 0 saturated carbocycles.